The van der Waals surface area contributed by atoms with Gasteiger partial charge in [0.15, 0.2) is 0 Å². The Hall–Kier alpha value is -2.53. The molecular formula is C23H30N4O5S. The largest absolute Gasteiger partial charge is 0.373 e. The molecule has 1 aromatic carbocycles. The first-order chi connectivity index (χ1) is 15.8. The van der Waals surface area contributed by atoms with E-state index in [1.165, 1.54) is 19.2 Å². The standard InChI is InChI=1S/C23H30N4O5S/c1-18-15-27(16-19(2)32-18)33(30,31)26-13-11-24(12-14-26)22(28)21-9-6-10-25(23(21)29)17-20-7-4-3-5-8-20/h3-10,18-19H,11-17H2,1-2H3. The lowest BCUT2D eigenvalue weighted by atomic mass is 10.2. The molecule has 33 heavy (non-hydrogen) atoms. The van der Waals surface area contributed by atoms with E-state index >= 15 is 0 Å². The third-order valence-electron chi connectivity index (χ3n) is 6.01. The van der Waals surface area contributed by atoms with Gasteiger partial charge < -0.3 is 14.2 Å². The average Bonchev–Trinajstić information content (AvgIpc) is 2.80. The second-order valence-electron chi connectivity index (χ2n) is 8.61. The quantitative estimate of drug-likeness (QED) is 0.645. The fraction of sp³-hybridized carbons (Fsp3) is 0.478. The molecule has 2 fully saturated rings. The third kappa shape index (κ3) is 5.19. The number of carbonyl (C=O) groups is 1. The Labute approximate surface area is 194 Å². The maximum atomic E-state index is 13.1. The number of pyridine rings is 1. The van der Waals surface area contributed by atoms with Crippen LogP contribution in [0, 0.1) is 0 Å². The summed E-state index contributed by atoms with van der Waals surface area (Å²) in [6.45, 7) is 5.59. The molecule has 3 heterocycles. The third-order valence-corrected chi connectivity index (χ3v) is 7.98. The molecule has 178 valence electrons. The van der Waals surface area contributed by atoms with E-state index in [1.54, 1.807) is 17.2 Å². The monoisotopic (exact) mass is 474 g/mol. The van der Waals surface area contributed by atoms with E-state index < -0.39 is 10.2 Å². The van der Waals surface area contributed by atoms with E-state index in [2.05, 4.69) is 0 Å². The van der Waals surface area contributed by atoms with Crippen molar-refractivity contribution < 1.29 is 17.9 Å². The van der Waals surface area contributed by atoms with Gasteiger partial charge in [0.1, 0.15) is 5.56 Å². The molecule has 0 radical (unpaired) electrons. The zero-order chi connectivity index (χ0) is 23.6. The van der Waals surface area contributed by atoms with Crippen LogP contribution in [0.15, 0.2) is 53.5 Å². The molecule has 2 atom stereocenters. The summed E-state index contributed by atoms with van der Waals surface area (Å²) in [7, 11) is -3.63. The number of aromatic nitrogens is 1. The van der Waals surface area contributed by atoms with Crippen molar-refractivity contribution in [3.8, 4) is 0 Å². The van der Waals surface area contributed by atoms with Crippen LogP contribution in [-0.4, -0.2) is 83.9 Å². The number of hydrogen-bond acceptors (Lipinski definition) is 5. The Bertz CT molecular complexity index is 1130. The highest BCUT2D eigenvalue weighted by Gasteiger charge is 2.37. The number of nitrogens with zero attached hydrogens (tertiary/aromatic N) is 4. The summed E-state index contributed by atoms with van der Waals surface area (Å²) in [5, 5.41) is 0. The fourth-order valence-electron chi connectivity index (χ4n) is 4.38. The van der Waals surface area contributed by atoms with Crippen molar-refractivity contribution in [1.29, 1.82) is 0 Å². The normalized spacial score (nSPS) is 22.9. The van der Waals surface area contributed by atoms with Crippen LogP contribution in [0.25, 0.3) is 0 Å². The molecule has 2 aliphatic heterocycles. The number of ether oxygens (including phenoxy) is 1. The molecule has 1 aromatic heterocycles. The SMILES string of the molecule is CC1CN(S(=O)(=O)N2CCN(C(=O)c3cccn(Cc4ccccc4)c3=O)CC2)CC(C)O1. The molecule has 2 aliphatic rings. The van der Waals surface area contributed by atoms with Crippen LogP contribution in [0.3, 0.4) is 0 Å². The van der Waals surface area contributed by atoms with Gasteiger partial charge in [0, 0.05) is 45.5 Å². The minimum absolute atomic E-state index is 0.0977. The van der Waals surface area contributed by atoms with E-state index in [-0.39, 0.29) is 55.4 Å². The Balaban J connectivity index is 1.42. The van der Waals surface area contributed by atoms with Gasteiger partial charge in [-0.15, -0.1) is 0 Å². The lowest BCUT2D eigenvalue weighted by molar-refractivity contribution is -0.0457. The van der Waals surface area contributed by atoms with Crippen LogP contribution in [0.5, 0.6) is 0 Å². The predicted octanol–water partition coefficient (Wildman–Crippen LogP) is 1.01. The van der Waals surface area contributed by atoms with Crippen molar-refractivity contribution in [2.75, 3.05) is 39.3 Å². The number of hydrogen-bond donors (Lipinski definition) is 0. The molecule has 1 amide bonds. The zero-order valence-corrected chi connectivity index (χ0v) is 19.8. The smallest absolute Gasteiger partial charge is 0.282 e. The van der Waals surface area contributed by atoms with Crippen LogP contribution in [-0.2, 0) is 21.5 Å². The average molecular weight is 475 g/mol. The van der Waals surface area contributed by atoms with Crippen LogP contribution in [0.2, 0.25) is 0 Å². The number of carbonyl (C=O) groups excluding carboxylic acids is 1. The molecule has 0 spiro atoms. The maximum Gasteiger partial charge on any atom is 0.282 e. The molecule has 0 bridgehead atoms. The summed E-state index contributed by atoms with van der Waals surface area (Å²) >= 11 is 0. The molecule has 2 unspecified atom stereocenters. The number of morpholine rings is 1. The van der Waals surface area contributed by atoms with E-state index in [0.29, 0.717) is 19.6 Å². The highest BCUT2D eigenvalue weighted by molar-refractivity contribution is 7.86. The van der Waals surface area contributed by atoms with Crippen molar-refractivity contribution in [1.82, 2.24) is 18.1 Å². The van der Waals surface area contributed by atoms with Crippen LogP contribution >= 0.6 is 0 Å². The van der Waals surface area contributed by atoms with Crippen molar-refractivity contribution in [3.63, 3.8) is 0 Å². The van der Waals surface area contributed by atoms with Gasteiger partial charge in [0.05, 0.1) is 18.8 Å². The molecule has 2 saturated heterocycles. The molecule has 0 aliphatic carbocycles. The van der Waals surface area contributed by atoms with E-state index in [0.717, 1.165) is 5.56 Å². The van der Waals surface area contributed by atoms with Gasteiger partial charge in [-0.2, -0.15) is 17.0 Å². The van der Waals surface area contributed by atoms with E-state index in [1.807, 2.05) is 44.2 Å². The Morgan fingerprint density at radius 2 is 1.58 bits per heavy atom. The van der Waals surface area contributed by atoms with Gasteiger partial charge in [-0.05, 0) is 31.5 Å². The first-order valence-electron chi connectivity index (χ1n) is 11.2. The Kier molecular flexibility index (Phi) is 6.99. The lowest BCUT2D eigenvalue weighted by Crippen LogP contribution is -2.57. The topological polar surface area (TPSA) is 92.2 Å². The zero-order valence-electron chi connectivity index (χ0n) is 19.0. The molecule has 9 nitrogen and oxygen atoms in total. The number of rotatable bonds is 5. The van der Waals surface area contributed by atoms with Gasteiger partial charge in [-0.3, -0.25) is 9.59 Å². The fourth-order valence-corrected chi connectivity index (χ4v) is 6.13. The summed E-state index contributed by atoms with van der Waals surface area (Å²) in [6.07, 6.45) is 1.34. The molecule has 10 heteroatoms. The molecular weight excluding hydrogens is 444 g/mol. The summed E-state index contributed by atoms with van der Waals surface area (Å²) < 4.78 is 36.2. The first-order valence-corrected chi connectivity index (χ1v) is 12.6. The van der Waals surface area contributed by atoms with Crippen molar-refractivity contribution in [2.24, 2.45) is 0 Å². The second kappa shape index (κ2) is 9.76. The maximum absolute atomic E-state index is 13.1. The minimum atomic E-state index is -3.63. The molecule has 2 aromatic rings. The van der Waals surface area contributed by atoms with Crippen LogP contribution in [0.1, 0.15) is 29.8 Å². The summed E-state index contributed by atoms with van der Waals surface area (Å²) in [5.41, 5.74) is 0.716. The van der Waals surface area contributed by atoms with Gasteiger partial charge >= 0.3 is 0 Å². The second-order valence-corrected chi connectivity index (χ2v) is 10.5. The summed E-state index contributed by atoms with van der Waals surface area (Å²) in [5.74, 6) is -0.368. The van der Waals surface area contributed by atoms with Gasteiger partial charge in [0.25, 0.3) is 21.7 Å². The van der Waals surface area contributed by atoms with Gasteiger partial charge in [-0.25, -0.2) is 0 Å². The Morgan fingerprint density at radius 1 is 0.939 bits per heavy atom. The molecule has 0 saturated carbocycles. The predicted molar refractivity (Wildman–Crippen MR) is 124 cm³/mol. The highest BCUT2D eigenvalue weighted by atomic mass is 32.2. The van der Waals surface area contributed by atoms with E-state index in [4.69, 9.17) is 4.74 Å². The van der Waals surface area contributed by atoms with Crippen LogP contribution in [0.4, 0.5) is 0 Å². The minimum Gasteiger partial charge on any atom is -0.373 e. The van der Waals surface area contributed by atoms with Crippen molar-refractivity contribution in [3.05, 3.63) is 70.1 Å². The number of amides is 1. The molecule has 0 N–H and O–H groups in total. The lowest BCUT2D eigenvalue weighted by Gasteiger charge is -2.40. The van der Waals surface area contributed by atoms with Gasteiger partial charge in [0.2, 0.25) is 0 Å². The molecule has 4 rings (SSSR count). The Morgan fingerprint density at radius 3 is 2.21 bits per heavy atom. The first kappa shape index (κ1) is 23.6. The van der Waals surface area contributed by atoms with Gasteiger partial charge in [-0.1, -0.05) is 30.3 Å². The number of benzene rings is 1. The number of piperazine rings is 1. The van der Waals surface area contributed by atoms with E-state index in [9.17, 15) is 18.0 Å². The van der Waals surface area contributed by atoms with Crippen molar-refractivity contribution in [2.45, 2.75) is 32.6 Å². The summed E-state index contributed by atoms with van der Waals surface area (Å²) in [6, 6.07) is 12.8. The van der Waals surface area contributed by atoms with Crippen molar-refractivity contribution >= 4 is 16.1 Å². The van der Waals surface area contributed by atoms with Crippen LogP contribution < -0.4 is 5.56 Å². The summed E-state index contributed by atoms with van der Waals surface area (Å²) in [4.78, 5) is 27.6. The highest BCUT2D eigenvalue weighted by Crippen LogP contribution is 2.19.